The first-order valence-electron chi connectivity index (χ1n) is 12.6. The maximum atomic E-state index is 14.1. The van der Waals surface area contributed by atoms with Crippen molar-refractivity contribution in [3.8, 4) is 5.82 Å². The monoisotopic (exact) mass is 497 g/mol. The number of nitrogens with zero attached hydrogens (tertiary/aromatic N) is 5. The third-order valence-electron chi connectivity index (χ3n) is 7.02. The number of nitrogens with two attached hydrogens (primary N) is 1. The summed E-state index contributed by atoms with van der Waals surface area (Å²) in [6.07, 6.45) is 5.36. The molecule has 3 N–H and O–H groups in total. The van der Waals surface area contributed by atoms with Crippen LogP contribution in [0.25, 0.3) is 16.9 Å². The summed E-state index contributed by atoms with van der Waals surface area (Å²) in [4.78, 5) is 15.7. The van der Waals surface area contributed by atoms with Crippen molar-refractivity contribution in [1.29, 1.82) is 0 Å². The van der Waals surface area contributed by atoms with E-state index < -0.39 is 6.43 Å². The first-order chi connectivity index (χ1) is 17.4. The molecule has 2 aliphatic rings. The molecule has 0 radical (unpaired) electrons. The predicted octanol–water partition coefficient (Wildman–Crippen LogP) is 4.73. The minimum Gasteiger partial charge on any atom is -0.377 e. The Morgan fingerprint density at radius 3 is 2.64 bits per heavy atom. The fourth-order valence-corrected chi connectivity index (χ4v) is 5.00. The van der Waals surface area contributed by atoms with Gasteiger partial charge in [-0.1, -0.05) is 12.1 Å². The van der Waals surface area contributed by atoms with Crippen LogP contribution < -0.4 is 16.0 Å². The Hall–Kier alpha value is -3.11. The van der Waals surface area contributed by atoms with Crippen molar-refractivity contribution < 1.29 is 13.5 Å². The van der Waals surface area contributed by atoms with Gasteiger partial charge in [-0.15, -0.1) is 0 Å². The lowest BCUT2D eigenvalue weighted by Crippen LogP contribution is -2.44. The van der Waals surface area contributed by atoms with Crippen molar-refractivity contribution in [3.05, 3.63) is 47.9 Å². The second kappa shape index (κ2) is 10.5. The number of fused-ring (bicyclic) bond motifs is 1. The molecule has 1 aliphatic carbocycles. The van der Waals surface area contributed by atoms with Crippen LogP contribution in [0.2, 0.25) is 0 Å². The average molecular weight is 498 g/mol. The largest absolute Gasteiger partial charge is 0.377 e. The number of aromatic nitrogens is 4. The molecule has 1 aromatic carbocycles. The standard InChI is InChI=1S/C26H33F2N7O/c1-16-3-8-20-21(13-16)35(25(31-20)24(27)28)23-14-22(34-11-12-36-15-17(34)2)32-26(33-23)30-10-9-18-4-6-19(29)7-5-18/h3,8-10,13-14,17-19,24H,4-7,11-12,15,29H2,1-2H3,(H,30,32,33)/b10-9+/t17-,18?,19?/m0/s1. The van der Waals surface area contributed by atoms with E-state index in [4.69, 9.17) is 15.5 Å². The normalized spacial score (nSPS) is 23.2. The molecular weight excluding hydrogens is 464 g/mol. The molecule has 0 bridgehead atoms. The summed E-state index contributed by atoms with van der Waals surface area (Å²) < 4.78 is 35.3. The number of alkyl halides is 2. The number of ether oxygens (including phenoxy) is 1. The number of hydrogen-bond donors (Lipinski definition) is 2. The molecule has 1 saturated heterocycles. The molecule has 10 heteroatoms. The van der Waals surface area contributed by atoms with Crippen molar-refractivity contribution in [2.45, 2.75) is 58.0 Å². The molecule has 1 atom stereocenters. The van der Waals surface area contributed by atoms with Crippen molar-refractivity contribution in [3.63, 3.8) is 0 Å². The lowest BCUT2D eigenvalue weighted by Gasteiger charge is -2.34. The summed E-state index contributed by atoms with van der Waals surface area (Å²) in [6.45, 7) is 5.78. The molecule has 0 spiro atoms. The molecule has 5 rings (SSSR count). The highest BCUT2D eigenvalue weighted by atomic mass is 19.3. The molecule has 8 nitrogen and oxygen atoms in total. The number of benzene rings is 1. The first kappa shape index (κ1) is 24.6. The van der Waals surface area contributed by atoms with E-state index in [1.807, 2.05) is 25.3 Å². The van der Waals surface area contributed by atoms with Gasteiger partial charge in [-0.05, 0) is 63.1 Å². The molecule has 2 fully saturated rings. The third kappa shape index (κ3) is 5.19. The zero-order valence-corrected chi connectivity index (χ0v) is 20.7. The Bertz CT molecular complexity index is 1240. The maximum Gasteiger partial charge on any atom is 0.296 e. The summed E-state index contributed by atoms with van der Waals surface area (Å²) in [5.41, 5.74) is 8.07. The smallest absolute Gasteiger partial charge is 0.296 e. The summed E-state index contributed by atoms with van der Waals surface area (Å²) in [5, 5.41) is 3.19. The zero-order chi connectivity index (χ0) is 25.2. The van der Waals surface area contributed by atoms with Crippen LogP contribution in [0.15, 0.2) is 36.5 Å². The van der Waals surface area contributed by atoms with E-state index in [-0.39, 0.29) is 11.9 Å². The summed E-state index contributed by atoms with van der Waals surface area (Å²) >= 11 is 0. The molecular formula is C26H33F2N7O. The van der Waals surface area contributed by atoms with Gasteiger partial charge >= 0.3 is 0 Å². The number of nitrogens with one attached hydrogen (secondary N) is 1. The quantitative estimate of drug-likeness (QED) is 0.508. The Morgan fingerprint density at radius 1 is 1.11 bits per heavy atom. The van der Waals surface area contributed by atoms with Crippen LogP contribution in [0.5, 0.6) is 0 Å². The fourth-order valence-electron chi connectivity index (χ4n) is 5.00. The van der Waals surface area contributed by atoms with E-state index >= 15 is 0 Å². The predicted molar refractivity (Wildman–Crippen MR) is 137 cm³/mol. The minimum absolute atomic E-state index is 0.0904. The van der Waals surface area contributed by atoms with Gasteiger partial charge in [0.15, 0.2) is 5.82 Å². The number of anilines is 2. The van der Waals surface area contributed by atoms with E-state index in [1.165, 1.54) is 4.57 Å². The lowest BCUT2D eigenvalue weighted by atomic mass is 9.86. The van der Waals surface area contributed by atoms with Gasteiger partial charge in [0.25, 0.3) is 6.43 Å². The fraction of sp³-hybridized carbons (Fsp3) is 0.500. The van der Waals surface area contributed by atoms with Gasteiger partial charge in [-0.2, -0.15) is 9.97 Å². The Balaban J connectivity index is 1.55. The van der Waals surface area contributed by atoms with Crippen molar-refractivity contribution in [2.24, 2.45) is 11.7 Å². The van der Waals surface area contributed by atoms with Crippen LogP contribution in [-0.2, 0) is 4.74 Å². The molecule has 1 saturated carbocycles. The molecule has 2 aromatic heterocycles. The molecule has 0 unspecified atom stereocenters. The summed E-state index contributed by atoms with van der Waals surface area (Å²) in [6, 6.07) is 7.62. The number of hydrogen-bond acceptors (Lipinski definition) is 7. The van der Waals surface area contributed by atoms with Crippen molar-refractivity contribution >= 4 is 22.8 Å². The highest BCUT2D eigenvalue weighted by molar-refractivity contribution is 5.79. The number of allylic oxidation sites excluding steroid dienone is 1. The van der Waals surface area contributed by atoms with E-state index in [0.717, 1.165) is 31.2 Å². The van der Waals surface area contributed by atoms with E-state index in [1.54, 1.807) is 12.1 Å². The van der Waals surface area contributed by atoms with Gasteiger partial charge in [-0.25, -0.2) is 13.8 Å². The van der Waals surface area contributed by atoms with E-state index in [2.05, 4.69) is 33.2 Å². The number of imidazole rings is 1. The Labute approximate surface area is 209 Å². The van der Waals surface area contributed by atoms with Gasteiger partial charge in [0.2, 0.25) is 5.95 Å². The topological polar surface area (TPSA) is 94.1 Å². The van der Waals surface area contributed by atoms with Gasteiger partial charge in [0, 0.05) is 24.9 Å². The minimum atomic E-state index is -2.76. The average Bonchev–Trinajstić information content (AvgIpc) is 3.24. The summed E-state index contributed by atoms with van der Waals surface area (Å²) in [5.74, 6) is 1.46. The van der Waals surface area contributed by atoms with Crippen LogP contribution in [-0.4, -0.2) is 51.4 Å². The van der Waals surface area contributed by atoms with Gasteiger partial charge < -0.3 is 20.7 Å². The summed E-state index contributed by atoms with van der Waals surface area (Å²) in [7, 11) is 0. The van der Waals surface area contributed by atoms with Gasteiger partial charge in [0.05, 0.1) is 30.3 Å². The maximum absolute atomic E-state index is 14.1. The van der Waals surface area contributed by atoms with Gasteiger partial charge in [-0.3, -0.25) is 4.57 Å². The van der Waals surface area contributed by atoms with Gasteiger partial charge in [0.1, 0.15) is 11.6 Å². The van der Waals surface area contributed by atoms with Crippen LogP contribution in [0.1, 0.15) is 50.4 Å². The molecule has 0 amide bonds. The van der Waals surface area contributed by atoms with Crippen molar-refractivity contribution in [1.82, 2.24) is 19.5 Å². The lowest BCUT2D eigenvalue weighted by molar-refractivity contribution is 0.0985. The zero-order valence-electron chi connectivity index (χ0n) is 20.7. The Kier molecular flexibility index (Phi) is 7.15. The molecule has 3 heterocycles. The molecule has 36 heavy (non-hydrogen) atoms. The number of halogens is 2. The Morgan fingerprint density at radius 2 is 1.89 bits per heavy atom. The first-order valence-corrected chi connectivity index (χ1v) is 12.6. The van der Waals surface area contributed by atoms with Crippen LogP contribution in [0.4, 0.5) is 20.5 Å². The highest BCUT2D eigenvalue weighted by Crippen LogP contribution is 2.30. The van der Waals surface area contributed by atoms with Crippen molar-refractivity contribution in [2.75, 3.05) is 30.0 Å². The van der Waals surface area contributed by atoms with E-state index in [9.17, 15) is 8.78 Å². The second-order valence-corrected chi connectivity index (χ2v) is 9.80. The number of morpholine rings is 1. The molecule has 1 aliphatic heterocycles. The third-order valence-corrected chi connectivity index (χ3v) is 7.02. The highest BCUT2D eigenvalue weighted by Gasteiger charge is 2.25. The van der Waals surface area contributed by atoms with Crippen LogP contribution >= 0.6 is 0 Å². The van der Waals surface area contributed by atoms with Crippen LogP contribution in [0, 0.1) is 12.8 Å². The number of rotatable bonds is 6. The molecule has 192 valence electrons. The van der Waals surface area contributed by atoms with E-state index in [0.29, 0.717) is 60.3 Å². The SMILES string of the molecule is Cc1ccc2nc(C(F)F)n(-c3cc(N4CCOC[C@@H]4C)nc(N/C=C/C4CCC(N)CC4)n3)c2c1. The second-order valence-electron chi connectivity index (χ2n) is 9.80. The number of aryl methyl sites for hydroxylation is 1. The molecule has 3 aromatic rings. The van der Waals surface area contributed by atoms with Crippen LogP contribution in [0.3, 0.4) is 0 Å².